The van der Waals surface area contributed by atoms with Crippen molar-refractivity contribution in [2.45, 2.75) is 59.3 Å². The quantitative estimate of drug-likeness (QED) is 0.287. The molecule has 0 atom stereocenters. The lowest BCUT2D eigenvalue weighted by atomic mass is 10.1. The SMILES string of the molecule is CCCCCN(CCCCC)c1ccc(/C=C/C2=CC(=C(C#N)C#N)C=C(C)O2)cc1. The summed E-state index contributed by atoms with van der Waals surface area (Å²) in [6.07, 6.45) is 14.8. The lowest BCUT2D eigenvalue weighted by molar-refractivity contribution is 0.318. The van der Waals surface area contributed by atoms with Gasteiger partial charge in [-0.25, -0.2) is 0 Å². The second-order valence-corrected chi connectivity index (χ2v) is 7.78. The molecule has 0 N–H and O–H groups in total. The van der Waals surface area contributed by atoms with E-state index in [-0.39, 0.29) is 5.57 Å². The summed E-state index contributed by atoms with van der Waals surface area (Å²) in [6, 6.07) is 12.5. The van der Waals surface area contributed by atoms with Crippen LogP contribution in [-0.4, -0.2) is 13.1 Å². The van der Waals surface area contributed by atoms with Crippen molar-refractivity contribution in [1.82, 2.24) is 0 Å². The standard InChI is InChI=1S/C27H33N3O/c1-4-6-8-16-30(17-9-7-5-2)26-13-10-23(11-14-26)12-15-27-19-24(18-22(3)31-27)25(20-28)21-29/h10-15,18-19H,4-9,16-17H2,1-3H3/b15-12+. The van der Waals surface area contributed by atoms with E-state index in [9.17, 15) is 0 Å². The molecule has 31 heavy (non-hydrogen) atoms. The number of anilines is 1. The van der Waals surface area contributed by atoms with Gasteiger partial charge in [0.1, 0.15) is 29.2 Å². The first kappa shape index (κ1) is 24.0. The Labute approximate surface area is 187 Å². The average Bonchev–Trinajstić information content (AvgIpc) is 2.78. The van der Waals surface area contributed by atoms with Crippen molar-refractivity contribution < 1.29 is 4.74 Å². The second kappa shape index (κ2) is 13.1. The maximum Gasteiger partial charge on any atom is 0.137 e. The fourth-order valence-corrected chi connectivity index (χ4v) is 3.49. The van der Waals surface area contributed by atoms with Crippen LogP contribution in [0.25, 0.3) is 6.08 Å². The summed E-state index contributed by atoms with van der Waals surface area (Å²) in [5.74, 6) is 1.27. The highest BCUT2D eigenvalue weighted by atomic mass is 16.5. The number of allylic oxidation sites excluding steroid dienone is 6. The van der Waals surface area contributed by atoms with Gasteiger partial charge in [-0.15, -0.1) is 0 Å². The van der Waals surface area contributed by atoms with Crippen LogP contribution in [0.3, 0.4) is 0 Å². The number of nitriles is 2. The zero-order valence-corrected chi connectivity index (χ0v) is 19.0. The topological polar surface area (TPSA) is 60.0 Å². The molecule has 0 spiro atoms. The molecule has 2 rings (SSSR count). The molecule has 0 radical (unpaired) electrons. The van der Waals surface area contributed by atoms with Crippen LogP contribution in [0.1, 0.15) is 64.9 Å². The van der Waals surface area contributed by atoms with Crippen molar-refractivity contribution in [1.29, 1.82) is 10.5 Å². The van der Waals surface area contributed by atoms with Gasteiger partial charge in [-0.05, 0) is 55.7 Å². The Balaban J connectivity index is 2.11. The van der Waals surface area contributed by atoms with E-state index in [1.54, 1.807) is 12.2 Å². The van der Waals surface area contributed by atoms with Crippen LogP contribution in [0.2, 0.25) is 0 Å². The molecule has 0 aliphatic carbocycles. The number of rotatable bonds is 11. The minimum atomic E-state index is 0.0872. The summed E-state index contributed by atoms with van der Waals surface area (Å²) >= 11 is 0. The van der Waals surface area contributed by atoms with Crippen molar-refractivity contribution in [3.8, 4) is 12.1 Å². The van der Waals surface area contributed by atoms with E-state index in [1.165, 1.54) is 44.2 Å². The smallest absolute Gasteiger partial charge is 0.137 e. The van der Waals surface area contributed by atoms with Gasteiger partial charge >= 0.3 is 0 Å². The fourth-order valence-electron chi connectivity index (χ4n) is 3.49. The number of ether oxygens (including phenoxy) is 1. The van der Waals surface area contributed by atoms with Crippen molar-refractivity contribution in [2.24, 2.45) is 0 Å². The molecule has 1 aromatic rings. The molecule has 162 valence electrons. The van der Waals surface area contributed by atoms with Gasteiger partial charge in [-0.3, -0.25) is 0 Å². The molecular formula is C27H33N3O. The predicted molar refractivity (Wildman–Crippen MR) is 128 cm³/mol. The molecule has 0 bridgehead atoms. The number of benzene rings is 1. The Hall–Kier alpha value is -3.24. The van der Waals surface area contributed by atoms with Crippen LogP contribution in [0.15, 0.2) is 65.2 Å². The highest BCUT2D eigenvalue weighted by Gasteiger charge is 2.10. The van der Waals surface area contributed by atoms with Crippen LogP contribution in [-0.2, 0) is 4.74 Å². The first-order valence-electron chi connectivity index (χ1n) is 11.3. The van der Waals surface area contributed by atoms with Crippen molar-refractivity contribution in [3.63, 3.8) is 0 Å². The summed E-state index contributed by atoms with van der Waals surface area (Å²) < 4.78 is 5.72. The van der Waals surface area contributed by atoms with Gasteiger partial charge in [0, 0.05) is 24.4 Å². The molecule has 1 aliphatic heterocycles. The normalized spacial score (nSPS) is 13.1. The molecule has 0 amide bonds. The first-order chi connectivity index (χ1) is 15.1. The molecule has 0 saturated heterocycles. The monoisotopic (exact) mass is 415 g/mol. The highest BCUT2D eigenvalue weighted by Crippen LogP contribution is 2.23. The Bertz CT molecular complexity index is 895. The Kier molecular flexibility index (Phi) is 10.2. The Morgan fingerprint density at radius 3 is 2.06 bits per heavy atom. The van der Waals surface area contributed by atoms with E-state index in [0.29, 0.717) is 17.1 Å². The minimum Gasteiger partial charge on any atom is -0.462 e. The van der Waals surface area contributed by atoms with Crippen LogP contribution in [0.5, 0.6) is 0 Å². The van der Waals surface area contributed by atoms with Crippen LogP contribution in [0.4, 0.5) is 5.69 Å². The second-order valence-electron chi connectivity index (χ2n) is 7.78. The third-order valence-corrected chi connectivity index (χ3v) is 5.21. The maximum atomic E-state index is 9.11. The molecule has 0 aromatic heterocycles. The molecule has 0 saturated carbocycles. The summed E-state index contributed by atoms with van der Waals surface area (Å²) in [4.78, 5) is 2.50. The van der Waals surface area contributed by atoms with Gasteiger partial charge in [-0.2, -0.15) is 10.5 Å². The first-order valence-corrected chi connectivity index (χ1v) is 11.3. The largest absolute Gasteiger partial charge is 0.462 e. The van der Waals surface area contributed by atoms with Gasteiger partial charge in [0.05, 0.1) is 0 Å². The summed E-state index contributed by atoms with van der Waals surface area (Å²) in [6.45, 7) is 8.51. The molecule has 1 aliphatic rings. The van der Waals surface area contributed by atoms with Crippen LogP contribution in [0, 0.1) is 22.7 Å². The van der Waals surface area contributed by atoms with Gasteiger partial charge < -0.3 is 9.64 Å². The Morgan fingerprint density at radius 2 is 1.52 bits per heavy atom. The van der Waals surface area contributed by atoms with Crippen molar-refractivity contribution >= 4 is 11.8 Å². The van der Waals surface area contributed by atoms with Gasteiger partial charge in [-0.1, -0.05) is 57.7 Å². The van der Waals surface area contributed by atoms with Gasteiger partial charge in [0.2, 0.25) is 0 Å². The van der Waals surface area contributed by atoms with Crippen molar-refractivity contribution in [3.05, 3.63) is 70.7 Å². The van der Waals surface area contributed by atoms with E-state index >= 15 is 0 Å². The Morgan fingerprint density at radius 1 is 0.903 bits per heavy atom. The summed E-state index contributed by atoms with van der Waals surface area (Å²) in [5.41, 5.74) is 3.02. The van der Waals surface area contributed by atoms with E-state index in [4.69, 9.17) is 15.3 Å². The van der Waals surface area contributed by atoms with E-state index < -0.39 is 0 Å². The average molecular weight is 416 g/mol. The lowest BCUT2D eigenvalue weighted by Gasteiger charge is -2.25. The van der Waals surface area contributed by atoms with E-state index in [1.807, 2.05) is 31.2 Å². The minimum absolute atomic E-state index is 0.0872. The lowest BCUT2D eigenvalue weighted by Crippen LogP contribution is -2.25. The maximum absolute atomic E-state index is 9.11. The molecule has 4 heteroatoms. The number of hydrogen-bond acceptors (Lipinski definition) is 4. The molecule has 1 heterocycles. The summed E-state index contributed by atoms with van der Waals surface area (Å²) in [7, 11) is 0. The molecule has 1 aromatic carbocycles. The zero-order valence-electron chi connectivity index (χ0n) is 19.0. The molecule has 4 nitrogen and oxygen atoms in total. The number of nitrogens with zero attached hydrogens (tertiary/aromatic N) is 3. The third-order valence-electron chi connectivity index (χ3n) is 5.21. The van der Waals surface area contributed by atoms with Gasteiger partial charge in [0.15, 0.2) is 0 Å². The van der Waals surface area contributed by atoms with E-state index in [0.717, 1.165) is 18.7 Å². The third kappa shape index (κ3) is 7.83. The zero-order chi connectivity index (χ0) is 22.5. The summed E-state index contributed by atoms with van der Waals surface area (Å²) in [5, 5.41) is 18.2. The molecule has 0 fully saturated rings. The molecular weight excluding hydrogens is 382 g/mol. The van der Waals surface area contributed by atoms with Crippen molar-refractivity contribution in [2.75, 3.05) is 18.0 Å². The van der Waals surface area contributed by atoms with E-state index in [2.05, 4.69) is 43.0 Å². The highest BCUT2D eigenvalue weighted by molar-refractivity contribution is 5.59. The van der Waals surface area contributed by atoms with Gasteiger partial charge in [0.25, 0.3) is 0 Å². The van der Waals surface area contributed by atoms with Crippen LogP contribution >= 0.6 is 0 Å². The van der Waals surface area contributed by atoms with Crippen LogP contribution < -0.4 is 4.90 Å². The number of hydrogen-bond donors (Lipinski definition) is 0. The predicted octanol–water partition coefficient (Wildman–Crippen LogP) is 7.05. The fraction of sp³-hybridized carbons (Fsp3) is 0.407. The molecule has 0 unspecified atom stereocenters. The number of unbranched alkanes of at least 4 members (excludes halogenated alkanes) is 4.